The summed E-state index contributed by atoms with van der Waals surface area (Å²) in [5.74, 6) is 2.12. The van der Waals surface area contributed by atoms with Gasteiger partial charge in [-0.05, 0) is 44.4 Å². The SMILES string of the molecule is Cc1ncc(Cl)cc1NC(=O)/C=C/c1nc2c(cc1F)c(C#C[Si](C)(C)C)nn2C1CCCCO1. The minimum absolute atomic E-state index is 0.0234. The first kappa shape index (κ1) is 25.0. The van der Waals surface area contributed by atoms with Crippen LogP contribution < -0.4 is 5.32 Å². The molecule has 182 valence electrons. The maximum Gasteiger partial charge on any atom is 0.248 e. The lowest BCUT2D eigenvalue weighted by molar-refractivity contribution is -0.111. The molecule has 3 aromatic rings. The molecule has 7 nitrogen and oxygen atoms in total. The quantitative estimate of drug-likeness (QED) is 0.284. The Bertz CT molecular complexity index is 1360. The number of carbonyl (C=O) groups excluding carboxylic acids is 1. The van der Waals surface area contributed by atoms with E-state index in [9.17, 15) is 4.79 Å². The summed E-state index contributed by atoms with van der Waals surface area (Å²) in [5, 5.41) is 8.29. The lowest BCUT2D eigenvalue weighted by Gasteiger charge is -2.23. The van der Waals surface area contributed by atoms with E-state index >= 15 is 4.39 Å². The molecule has 35 heavy (non-hydrogen) atoms. The Hall–Kier alpha value is -3.06. The summed E-state index contributed by atoms with van der Waals surface area (Å²) >= 11 is 5.96. The molecule has 1 atom stereocenters. The third-order valence-electron chi connectivity index (χ3n) is 5.35. The van der Waals surface area contributed by atoms with Gasteiger partial charge in [-0.3, -0.25) is 9.78 Å². The summed E-state index contributed by atoms with van der Waals surface area (Å²) in [5.41, 5.74) is 5.38. The van der Waals surface area contributed by atoms with Gasteiger partial charge >= 0.3 is 0 Å². The number of anilines is 1. The van der Waals surface area contributed by atoms with Gasteiger partial charge in [0.15, 0.2) is 11.9 Å². The van der Waals surface area contributed by atoms with Crippen LogP contribution in [0.1, 0.15) is 42.6 Å². The van der Waals surface area contributed by atoms with Gasteiger partial charge in [0.05, 0.1) is 21.8 Å². The topological polar surface area (TPSA) is 81.9 Å². The smallest absolute Gasteiger partial charge is 0.248 e. The second-order valence-corrected chi connectivity index (χ2v) is 14.6. The minimum atomic E-state index is -1.67. The van der Waals surface area contributed by atoms with Crippen LogP contribution in [0.5, 0.6) is 0 Å². The van der Waals surface area contributed by atoms with Gasteiger partial charge in [-0.2, -0.15) is 5.10 Å². The molecule has 10 heteroatoms. The molecule has 0 bridgehead atoms. The van der Waals surface area contributed by atoms with Gasteiger partial charge in [-0.1, -0.05) is 37.2 Å². The average Bonchev–Trinajstić information content (AvgIpc) is 3.16. The van der Waals surface area contributed by atoms with Gasteiger partial charge in [0.1, 0.15) is 25.3 Å². The summed E-state index contributed by atoms with van der Waals surface area (Å²) in [4.78, 5) is 21.1. The number of nitrogens with zero attached hydrogens (tertiary/aromatic N) is 4. The predicted molar refractivity (Wildman–Crippen MR) is 138 cm³/mol. The van der Waals surface area contributed by atoms with Gasteiger partial charge in [-0.25, -0.2) is 14.1 Å². The van der Waals surface area contributed by atoms with Crippen LogP contribution in [-0.2, 0) is 9.53 Å². The Morgan fingerprint density at radius 1 is 1.34 bits per heavy atom. The Kier molecular flexibility index (Phi) is 7.35. The second kappa shape index (κ2) is 10.3. The van der Waals surface area contributed by atoms with Crippen LogP contribution in [0.4, 0.5) is 10.1 Å². The molecular weight excluding hydrogens is 485 g/mol. The number of halogens is 2. The zero-order chi connectivity index (χ0) is 25.2. The maximum atomic E-state index is 15.0. The van der Waals surface area contributed by atoms with Crippen molar-refractivity contribution in [2.45, 2.75) is 52.1 Å². The third kappa shape index (κ3) is 6.14. The summed E-state index contributed by atoms with van der Waals surface area (Å²) in [6, 6.07) is 2.98. The van der Waals surface area contributed by atoms with E-state index in [0.29, 0.717) is 39.7 Å². The molecule has 1 unspecified atom stereocenters. The van der Waals surface area contributed by atoms with Crippen LogP contribution in [0.3, 0.4) is 0 Å². The molecule has 0 spiro atoms. The van der Waals surface area contributed by atoms with E-state index in [-0.39, 0.29) is 11.9 Å². The zero-order valence-corrected chi connectivity index (χ0v) is 21.9. The number of hydrogen-bond acceptors (Lipinski definition) is 5. The van der Waals surface area contributed by atoms with E-state index in [4.69, 9.17) is 16.3 Å². The van der Waals surface area contributed by atoms with Gasteiger partial charge < -0.3 is 10.1 Å². The van der Waals surface area contributed by atoms with E-state index in [1.54, 1.807) is 17.7 Å². The highest BCUT2D eigenvalue weighted by Gasteiger charge is 2.23. The van der Waals surface area contributed by atoms with E-state index in [1.807, 2.05) is 0 Å². The van der Waals surface area contributed by atoms with Crippen LogP contribution >= 0.6 is 11.6 Å². The predicted octanol–water partition coefficient (Wildman–Crippen LogP) is 5.51. The van der Waals surface area contributed by atoms with Gasteiger partial charge in [0.25, 0.3) is 0 Å². The van der Waals surface area contributed by atoms with Crippen LogP contribution in [-0.4, -0.2) is 40.3 Å². The van der Waals surface area contributed by atoms with Crippen molar-refractivity contribution in [3.05, 3.63) is 52.3 Å². The zero-order valence-electron chi connectivity index (χ0n) is 20.2. The van der Waals surface area contributed by atoms with Crippen molar-refractivity contribution < 1.29 is 13.9 Å². The van der Waals surface area contributed by atoms with Crippen molar-refractivity contribution in [1.82, 2.24) is 19.7 Å². The highest BCUT2D eigenvalue weighted by Crippen LogP contribution is 2.28. The lowest BCUT2D eigenvalue weighted by Crippen LogP contribution is -2.19. The molecule has 4 heterocycles. The fourth-order valence-corrected chi connectivity index (χ4v) is 4.24. The van der Waals surface area contributed by atoms with E-state index in [2.05, 4.69) is 51.5 Å². The van der Waals surface area contributed by atoms with Gasteiger partial charge in [0, 0.05) is 18.9 Å². The van der Waals surface area contributed by atoms with Crippen molar-refractivity contribution in [2.75, 3.05) is 11.9 Å². The number of rotatable bonds is 4. The number of hydrogen-bond donors (Lipinski definition) is 1. The molecule has 0 saturated carbocycles. The first-order valence-electron chi connectivity index (χ1n) is 11.5. The summed E-state index contributed by atoms with van der Waals surface area (Å²) in [7, 11) is -1.67. The Balaban J connectivity index is 1.69. The number of ether oxygens (including phenoxy) is 1. The highest BCUT2D eigenvalue weighted by molar-refractivity contribution is 6.83. The molecule has 1 fully saturated rings. The first-order chi connectivity index (χ1) is 16.6. The van der Waals surface area contributed by atoms with Crippen LogP contribution in [0.25, 0.3) is 17.1 Å². The lowest BCUT2D eigenvalue weighted by atomic mass is 10.2. The van der Waals surface area contributed by atoms with Crippen LogP contribution in [0.2, 0.25) is 24.7 Å². The molecule has 1 saturated heterocycles. The van der Waals surface area contributed by atoms with E-state index in [0.717, 1.165) is 19.3 Å². The number of carbonyl (C=O) groups is 1. The van der Waals surface area contributed by atoms with E-state index in [1.165, 1.54) is 24.4 Å². The number of aryl methyl sites for hydroxylation is 1. The van der Waals surface area contributed by atoms with Crippen molar-refractivity contribution in [1.29, 1.82) is 0 Å². The monoisotopic (exact) mass is 511 g/mol. The Labute approximate surface area is 209 Å². The normalized spacial score (nSPS) is 16.3. The molecule has 1 amide bonds. The fraction of sp³-hybridized carbons (Fsp3) is 0.360. The average molecular weight is 512 g/mol. The minimum Gasteiger partial charge on any atom is -0.356 e. The number of nitrogens with one attached hydrogen (secondary N) is 1. The number of pyridine rings is 2. The van der Waals surface area contributed by atoms with Crippen molar-refractivity contribution in [3.63, 3.8) is 0 Å². The second-order valence-electron chi connectivity index (χ2n) is 9.45. The maximum absolute atomic E-state index is 15.0. The molecule has 1 N–H and O–H groups in total. The molecule has 1 aliphatic heterocycles. The summed E-state index contributed by atoms with van der Waals surface area (Å²) in [6.45, 7) is 8.79. The van der Waals surface area contributed by atoms with Crippen molar-refractivity contribution in [2.24, 2.45) is 0 Å². The molecule has 1 aliphatic rings. The largest absolute Gasteiger partial charge is 0.356 e. The van der Waals surface area contributed by atoms with Crippen LogP contribution in [0.15, 0.2) is 24.4 Å². The standard InChI is InChI=1S/C25H27ClFN5O2Si/c1-16-22(13-17(26)15-28-16)29-23(33)9-8-21-19(27)14-18-20(10-12-35(2,3)4)31-32(25(18)30-21)24-7-5-6-11-34-24/h8-9,13-15,24H,5-7,11H2,1-4H3,(H,29,33)/b9-8+. The van der Waals surface area contributed by atoms with Crippen LogP contribution in [0, 0.1) is 24.2 Å². The third-order valence-corrected chi connectivity index (χ3v) is 6.43. The van der Waals surface area contributed by atoms with Gasteiger partial charge in [0.2, 0.25) is 5.91 Å². The number of fused-ring (bicyclic) bond motifs is 1. The summed E-state index contributed by atoms with van der Waals surface area (Å²) < 4.78 is 22.6. The molecule has 0 aliphatic carbocycles. The Morgan fingerprint density at radius 2 is 2.14 bits per heavy atom. The van der Waals surface area contributed by atoms with Crippen molar-refractivity contribution in [3.8, 4) is 11.5 Å². The van der Waals surface area contributed by atoms with Gasteiger partial charge in [-0.15, -0.1) is 5.54 Å². The van der Waals surface area contributed by atoms with Crippen molar-refractivity contribution >= 4 is 48.4 Å². The van der Waals surface area contributed by atoms with E-state index < -0.39 is 19.8 Å². The fourth-order valence-electron chi connectivity index (χ4n) is 3.59. The summed E-state index contributed by atoms with van der Waals surface area (Å²) in [6.07, 6.45) is 6.56. The highest BCUT2D eigenvalue weighted by atomic mass is 35.5. The number of aromatic nitrogens is 4. The molecular formula is C25H27ClFN5O2Si. The first-order valence-corrected chi connectivity index (χ1v) is 15.3. The molecule has 3 aromatic heterocycles. The molecule has 4 rings (SSSR count). The molecule has 0 radical (unpaired) electrons. The molecule has 0 aromatic carbocycles. The number of amides is 1. The Morgan fingerprint density at radius 3 is 2.86 bits per heavy atom.